The molecule has 1 saturated heterocycles. The topological polar surface area (TPSA) is 23.5 Å². The summed E-state index contributed by atoms with van der Waals surface area (Å²) in [5.74, 6) is -0.106. The van der Waals surface area contributed by atoms with Gasteiger partial charge >= 0.3 is 6.18 Å². The van der Waals surface area contributed by atoms with Crippen LogP contribution < -0.4 is 0 Å². The standard InChI is InChI=1S/C13H16F3NO/c1-9-4-5-17(7-9)8-10-2-3-12(18)11(6-10)13(14,15)16/h2-3,6,9,18H,4-5,7-8H2,1H3. The summed E-state index contributed by atoms with van der Waals surface area (Å²) >= 11 is 0. The Bertz CT molecular complexity index is 431. The molecule has 1 aromatic rings. The monoisotopic (exact) mass is 259 g/mol. The Morgan fingerprint density at radius 3 is 2.67 bits per heavy atom. The number of hydrogen-bond acceptors (Lipinski definition) is 2. The first-order chi connectivity index (χ1) is 8.36. The summed E-state index contributed by atoms with van der Waals surface area (Å²) in [4.78, 5) is 2.14. The molecule has 0 spiro atoms. The Morgan fingerprint density at radius 1 is 1.39 bits per heavy atom. The molecule has 0 bridgehead atoms. The molecule has 1 unspecified atom stereocenters. The van der Waals surface area contributed by atoms with Gasteiger partial charge in [-0.1, -0.05) is 13.0 Å². The van der Waals surface area contributed by atoms with Gasteiger partial charge in [-0.25, -0.2) is 0 Å². The number of hydrogen-bond donors (Lipinski definition) is 1. The lowest BCUT2D eigenvalue weighted by atomic mass is 10.1. The van der Waals surface area contributed by atoms with Crippen molar-refractivity contribution in [2.45, 2.75) is 26.1 Å². The number of aromatic hydroxyl groups is 1. The molecule has 2 nitrogen and oxygen atoms in total. The minimum absolute atomic E-state index is 0.508. The third-order valence-electron chi connectivity index (χ3n) is 3.28. The summed E-state index contributed by atoms with van der Waals surface area (Å²) in [5.41, 5.74) is -0.360. The van der Waals surface area contributed by atoms with Crippen LogP contribution in [0.3, 0.4) is 0 Å². The summed E-state index contributed by atoms with van der Waals surface area (Å²) in [7, 11) is 0. The largest absolute Gasteiger partial charge is 0.507 e. The van der Waals surface area contributed by atoms with Crippen LogP contribution in [0.4, 0.5) is 13.2 Å². The SMILES string of the molecule is CC1CCN(Cc2ccc(O)c(C(F)(F)F)c2)C1. The maximum Gasteiger partial charge on any atom is 0.419 e. The van der Waals surface area contributed by atoms with Crippen molar-refractivity contribution < 1.29 is 18.3 Å². The number of halogens is 3. The Balaban J connectivity index is 2.15. The van der Waals surface area contributed by atoms with Crippen molar-refractivity contribution in [2.24, 2.45) is 5.92 Å². The van der Waals surface area contributed by atoms with E-state index in [9.17, 15) is 18.3 Å². The van der Waals surface area contributed by atoms with E-state index in [0.29, 0.717) is 18.0 Å². The Labute approximate surface area is 104 Å². The molecular weight excluding hydrogens is 243 g/mol. The van der Waals surface area contributed by atoms with Crippen LogP contribution in [0.15, 0.2) is 18.2 Å². The van der Waals surface area contributed by atoms with Crippen molar-refractivity contribution in [1.82, 2.24) is 4.90 Å². The first-order valence-corrected chi connectivity index (χ1v) is 5.97. The van der Waals surface area contributed by atoms with Crippen LogP contribution in [0.1, 0.15) is 24.5 Å². The molecule has 0 saturated carbocycles. The van der Waals surface area contributed by atoms with E-state index in [4.69, 9.17) is 0 Å². The highest BCUT2D eigenvalue weighted by atomic mass is 19.4. The van der Waals surface area contributed by atoms with E-state index in [0.717, 1.165) is 31.6 Å². The van der Waals surface area contributed by atoms with Gasteiger partial charge in [0.2, 0.25) is 0 Å². The number of alkyl halides is 3. The number of likely N-dealkylation sites (tertiary alicyclic amines) is 1. The van der Waals surface area contributed by atoms with Crippen molar-refractivity contribution in [2.75, 3.05) is 13.1 Å². The van der Waals surface area contributed by atoms with Crippen molar-refractivity contribution in [3.05, 3.63) is 29.3 Å². The average Bonchev–Trinajstić information content (AvgIpc) is 2.65. The molecule has 1 N–H and O–H groups in total. The van der Waals surface area contributed by atoms with Crippen molar-refractivity contribution in [3.8, 4) is 5.75 Å². The van der Waals surface area contributed by atoms with E-state index in [1.165, 1.54) is 0 Å². The molecule has 18 heavy (non-hydrogen) atoms. The molecule has 1 atom stereocenters. The summed E-state index contributed by atoms with van der Waals surface area (Å²) in [6, 6.07) is 3.71. The van der Waals surface area contributed by atoms with Crippen molar-refractivity contribution in [1.29, 1.82) is 0 Å². The lowest BCUT2D eigenvalue weighted by Crippen LogP contribution is -2.20. The molecule has 0 aromatic heterocycles. The zero-order chi connectivity index (χ0) is 13.3. The second-order valence-corrected chi connectivity index (χ2v) is 4.98. The molecule has 1 aromatic carbocycles. The van der Waals surface area contributed by atoms with Gasteiger partial charge in [0.25, 0.3) is 0 Å². The molecule has 1 aliphatic heterocycles. The fraction of sp³-hybridized carbons (Fsp3) is 0.538. The molecular formula is C13H16F3NO. The Kier molecular flexibility index (Phi) is 3.52. The predicted octanol–water partition coefficient (Wildman–Crippen LogP) is 3.25. The normalized spacial score (nSPS) is 21.4. The number of benzene rings is 1. The summed E-state index contributed by atoms with van der Waals surface area (Å²) in [5, 5.41) is 9.24. The van der Waals surface area contributed by atoms with Gasteiger partial charge in [0.15, 0.2) is 0 Å². The summed E-state index contributed by atoms with van der Waals surface area (Å²) < 4.78 is 37.9. The number of rotatable bonds is 2. The molecule has 2 rings (SSSR count). The van der Waals surface area contributed by atoms with Crippen LogP contribution >= 0.6 is 0 Å². The molecule has 1 heterocycles. The van der Waals surface area contributed by atoms with E-state index in [2.05, 4.69) is 11.8 Å². The minimum Gasteiger partial charge on any atom is -0.507 e. The van der Waals surface area contributed by atoms with Crippen LogP contribution in [0.5, 0.6) is 5.75 Å². The molecule has 0 aliphatic carbocycles. The predicted molar refractivity (Wildman–Crippen MR) is 62.2 cm³/mol. The highest BCUT2D eigenvalue weighted by Gasteiger charge is 2.34. The van der Waals surface area contributed by atoms with Gasteiger partial charge in [0, 0.05) is 13.1 Å². The molecule has 100 valence electrons. The zero-order valence-corrected chi connectivity index (χ0v) is 10.2. The fourth-order valence-electron chi connectivity index (χ4n) is 2.34. The average molecular weight is 259 g/mol. The van der Waals surface area contributed by atoms with Gasteiger partial charge in [-0.15, -0.1) is 0 Å². The third-order valence-corrected chi connectivity index (χ3v) is 3.28. The van der Waals surface area contributed by atoms with E-state index < -0.39 is 17.5 Å². The summed E-state index contributed by atoms with van der Waals surface area (Å²) in [6.07, 6.45) is -3.41. The number of phenols is 1. The zero-order valence-electron chi connectivity index (χ0n) is 10.2. The van der Waals surface area contributed by atoms with Crippen LogP contribution in [-0.2, 0) is 12.7 Å². The first kappa shape index (κ1) is 13.2. The maximum absolute atomic E-state index is 12.6. The van der Waals surface area contributed by atoms with Crippen LogP contribution in [-0.4, -0.2) is 23.1 Å². The van der Waals surface area contributed by atoms with E-state index in [1.807, 2.05) is 0 Å². The van der Waals surface area contributed by atoms with E-state index in [-0.39, 0.29) is 0 Å². The second-order valence-electron chi connectivity index (χ2n) is 4.98. The molecule has 5 heteroatoms. The van der Waals surface area contributed by atoms with Crippen molar-refractivity contribution in [3.63, 3.8) is 0 Å². The highest BCUT2D eigenvalue weighted by molar-refractivity contribution is 5.38. The lowest BCUT2D eigenvalue weighted by molar-refractivity contribution is -0.138. The first-order valence-electron chi connectivity index (χ1n) is 5.97. The smallest absolute Gasteiger partial charge is 0.419 e. The molecule has 0 amide bonds. The van der Waals surface area contributed by atoms with Gasteiger partial charge < -0.3 is 5.11 Å². The molecule has 1 fully saturated rings. The molecule has 0 radical (unpaired) electrons. The fourth-order valence-corrected chi connectivity index (χ4v) is 2.34. The lowest BCUT2D eigenvalue weighted by Gasteiger charge is -2.17. The van der Waals surface area contributed by atoms with E-state index >= 15 is 0 Å². The molecule has 1 aliphatic rings. The van der Waals surface area contributed by atoms with Gasteiger partial charge in [-0.05, 0) is 36.6 Å². The van der Waals surface area contributed by atoms with Gasteiger partial charge in [0.1, 0.15) is 5.75 Å². The van der Waals surface area contributed by atoms with Crippen LogP contribution in [0, 0.1) is 5.92 Å². The number of nitrogens with zero attached hydrogens (tertiary/aromatic N) is 1. The highest BCUT2D eigenvalue weighted by Crippen LogP contribution is 2.36. The third kappa shape index (κ3) is 2.96. The Hall–Kier alpha value is -1.23. The second kappa shape index (κ2) is 4.80. The minimum atomic E-state index is -4.50. The van der Waals surface area contributed by atoms with Gasteiger partial charge in [-0.2, -0.15) is 13.2 Å². The number of phenolic OH excluding ortho intramolecular Hbond substituents is 1. The van der Waals surface area contributed by atoms with Crippen molar-refractivity contribution >= 4 is 0 Å². The van der Waals surface area contributed by atoms with Gasteiger partial charge in [-0.3, -0.25) is 4.90 Å². The van der Waals surface area contributed by atoms with Crippen LogP contribution in [0.2, 0.25) is 0 Å². The Morgan fingerprint density at radius 2 is 2.11 bits per heavy atom. The summed E-state index contributed by atoms with van der Waals surface area (Å²) in [6.45, 7) is 4.48. The van der Waals surface area contributed by atoms with Crippen LogP contribution in [0.25, 0.3) is 0 Å². The van der Waals surface area contributed by atoms with Gasteiger partial charge in [0.05, 0.1) is 5.56 Å². The maximum atomic E-state index is 12.6. The van der Waals surface area contributed by atoms with E-state index in [1.54, 1.807) is 6.07 Å². The quantitative estimate of drug-likeness (QED) is 0.881.